The largest absolute Gasteiger partial charge is 0.352 e. The van der Waals surface area contributed by atoms with Crippen molar-refractivity contribution in [3.63, 3.8) is 0 Å². The van der Waals surface area contributed by atoms with Crippen LogP contribution in [0.15, 0.2) is 0 Å². The van der Waals surface area contributed by atoms with E-state index in [0.29, 0.717) is 12.5 Å². The van der Waals surface area contributed by atoms with E-state index in [1.807, 2.05) is 6.92 Å². The molecule has 1 amide bonds. The first-order chi connectivity index (χ1) is 7.19. The Hall–Kier alpha value is -0.570. The van der Waals surface area contributed by atoms with E-state index >= 15 is 0 Å². The minimum Gasteiger partial charge on any atom is -0.352 e. The van der Waals surface area contributed by atoms with Crippen LogP contribution in [0.4, 0.5) is 0 Å². The zero-order valence-electron chi connectivity index (χ0n) is 9.54. The molecule has 3 nitrogen and oxygen atoms in total. The number of hydrogen-bond donors (Lipinski definition) is 2. The first-order valence-corrected chi connectivity index (χ1v) is 6.18. The number of carbonyl (C=O) groups is 1. The number of carbonyl (C=O) groups excluding carboxylic acids is 1. The second-order valence-corrected chi connectivity index (χ2v) is 5.34. The Morgan fingerprint density at radius 1 is 1.47 bits per heavy atom. The van der Waals surface area contributed by atoms with Crippen molar-refractivity contribution in [1.82, 2.24) is 5.32 Å². The van der Waals surface area contributed by atoms with Crippen molar-refractivity contribution in [2.75, 3.05) is 6.54 Å². The molecule has 3 heteroatoms. The Morgan fingerprint density at radius 3 is 2.80 bits per heavy atom. The Labute approximate surface area is 91.8 Å². The van der Waals surface area contributed by atoms with Crippen LogP contribution in [0.2, 0.25) is 0 Å². The smallest absolute Gasteiger partial charge is 0.220 e. The fraction of sp³-hybridized carbons (Fsp3) is 0.917. The van der Waals surface area contributed by atoms with E-state index in [1.165, 1.54) is 25.7 Å². The number of nitrogens with two attached hydrogens (primary N) is 1. The van der Waals surface area contributed by atoms with E-state index < -0.39 is 0 Å². The van der Waals surface area contributed by atoms with Gasteiger partial charge in [-0.3, -0.25) is 4.79 Å². The highest BCUT2D eigenvalue weighted by atomic mass is 16.1. The number of fused-ring (bicyclic) bond motifs is 2. The van der Waals surface area contributed by atoms with Crippen LogP contribution in [-0.2, 0) is 4.79 Å². The van der Waals surface area contributed by atoms with Crippen LogP contribution < -0.4 is 11.1 Å². The zero-order chi connectivity index (χ0) is 10.8. The summed E-state index contributed by atoms with van der Waals surface area (Å²) in [6, 6.07) is 0.121. The van der Waals surface area contributed by atoms with Gasteiger partial charge in [0.25, 0.3) is 0 Å². The lowest BCUT2D eigenvalue weighted by Gasteiger charge is -2.21. The van der Waals surface area contributed by atoms with Gasteiger partial charge in [0, 0.05) is 19.0 Å². The molecule has 2 saturated carbocycles. The molecule has 0 spiro atoms. The molecule has 2 bridgehead atoms. The first-order valence-electron chi connectivity index (χ1n) is 6.18. The van der Waals surface area contributed by atoms with Crippen LogP contribution in [-0.4, -0.2) is 18.5 Å². The van der Waals surface area contributed by atoms with Gasteiger partial charge in [0.2, 0.25) is 5.91 Å². The highest BCUT2D eigenvalue weighted by molar-refractivity contribution is 5.76. The van der Waals surface area contributed by atoms with E-state index in [0.717, 1.165) is 18.3 Å². The molecule has 4 atom stereocenters. The quantitative estimate of drug-likeness (QED) is 0.734. The zero-order valence-corrected chi connectivity index (χ0v) is 9.54. The summed E-state index contributed by atoms with van der Waals surface area (Å²) >= 11 is 0. The molecule has 0 aromatic heterocycles. The van der Waals surface area contributed by atoms with Gasteiger partial charge in [-0.1, -0.05) is 6.42 Å². The molecule has 2 aliphatic rings. The van der Waals surface area contributed by atoms with Crippen molar-refractivity contribution >= 4 is 5.91 Å². The van der Waals surface area contributed by atoms with E-state index in [9.17, 15) is 4.79 Å². The van der Waals surface area contributed by atoms with Crippen LogP contribution >= 0.6 is 0 Å². The van der Waals surface area contributed by atoms with Crippen molar-refractivity contribution in [2.45, 2.75) is 45.1 Å². The molecule has 0 aromatic carbocycles. The summed E-state index contributed by atoms with van der Waals surface area (Å²) in [6.07, 6.45) is 6.15. The van der Waals surface area contributed by atoms with Crippen LogP contribution in [0.5, 0.6) is 0 Å². The van der Waals surface area contributed by atoms with Gasteiger partial charge >= 0.3 is 0 Å². The predicted octanol–water partition coefficient (Wildman–Crippen LogP) is 1.28. The van der Waals surface area contributed by atoms with Gasteiger partial charge in [-0.25, -0.2) is 0 Å². The summed E-state index contributed by atoms with van der Waals surface area (Å²) in [7, 11) is 0. The number of rotatable bonds is 4. The van der Waals surface area contributed by atoms with E-state index in [1.54, 1.807) is 0 Å². The van der Waals surface area contributed by atoms with Crippen molar-refractivity contribution in [3.05, 3.63) is 0 Å². The normalized spacial score (nSPS) is 35.5. The summed E-state index contributed by atoms with van der Waals surface area (Å²) in [5.41, 5.74) is 5.47. The molecule has 3 unspecified atom stereocenters. The van der Waals surface area contributed by atoms with E-state index in [2.05, 4.69) is 5.32 Å². The van der Waals surface area contributed by atoms with Gasteiger partial charge in [-0.15, -0.1) is 0 Å². The molecule has 15 heavy (non-hydrogen) atoms. The lowest BCUT2D eigenvalue weighted by Crippen LogP contribution is -2.38. The van der Waals surface area contributed by atoms with Crippen molar-refractivity contribution in [1.29, 1.82) is 0 Å². The van der Waals surface area contributed by atoms with Crippen LogP contribution in [0, 0.1) is 17.8 Å². The van der Waals surface area contributed by atoms with Crippen LogP contribution in [0.25, 0.3) is 0 Å². The molecule has 3 N–H and O–H groups in total. The lowest BCUT2D eigenvalue weighted by atomic mass is 9.86. The molecule has 0 heterocycles. The van der Waals surface area contributed by atoms with Crippen LogP contribution in [0.1, 0.15) is 39.0 Å². The molecule has 2 rings (SSSR count). The molecule has 0 saturated heterocycles. The lowest BCUT2D eigenvalue weighted by molar-refractivity contribution is -0.122. The predicted molar refractivity (Wildman–Crippen MR) is 60.2 cm³/mol. The maximum atomic E-state index is 11.7. The molecule has 0 aliphatic heterocycles. The fourth-order valence-electron chi connectivity index (χ4n) is 3.26. The van der Waals surface area contributed by atoms with Crippen molar-refractivity contribution < 1.29 is 4.79 Å². The highest BCUT2D eigenvalue weighted by Crippen LogP contribution is 2.49. The molecule has 0 aromatic rings. The average molecular weight is 210 g/mol. The first kappa shape index (κ1) is 10.9. The van der Waals surface area contributed by atoms with Crippen molar-refractivity contribution in [3.8, 4) is 0 Å². The maximum Gasteiger partial charge on any atom is 0.220 e. The Balaban J connectivity index is 1.75. The SMILES string of the molecule is C[C@@H](CN)NC(=O)CC1CC2CCC1C2. The second-order valence-electron chi connectivity index (χ2n) is 5.34. The highest BCUT2D eigenvalue weighted by Gasteiger charge is 2.40. The number of nitrogens with one attached hydrogen (secondary N) is 1. The number of hydrogen-bond acceptors (Lipinski definition) is 2. The standard InChI is InChI=1S/C12H22N2O/c1-8(7-13)14-12(15)6-11-5-9-2-3-10(11)4-9/h8-11H,2-7,13H2,1H3,(H,14,15)/t8-,9?,10?,11?/m0/s1. The summed E-state index contributed by atoms with van der Waals surface area (Å²) < 4.78 is 0. The van der Waals surface area contributed by atoms with Gasteiger partial charge in [0.05, 0.1) is 0 Å². The van der Waals surface area contributed by atoms with Gasteiger partial charge in [-0.2, -0.15) is 0 Å². The molecular formula is C12H22N2O. The molecular weight excluding hydrogens is 188 g/mol. The summed E-state index contributed by atoms with van der Waals surface area (Å²) in [4.78, 5) is 11.7. The van der Waals surface area contributed by atoms with Gasteiger partial charge in [0.15, 0.2) is 0 Å². The third-order valence-electron chi connectivity index (χ3n) is 4.09. The van der Waals surface area contributed by atoms with E-state index in [4.69, 9.17) is 5.73 Å². The van der Waals surface area contributed by atoms with Gasteiger partial charge in [-0.05, 0) is 43.9 Å². The monoisotopic (exact) mass is 210 g/mol. The fourth-order valence-corrected chi connectivity index (χ4v) is 3.26. The summed E-state index contributed by atoms with van der Waals surface area (Å²) in [5, 5.41) is 2.95. The van der Waals surface area contributed by atoms with E-state index in [-0.39, 0.29) is 11.9 Å². The number of amides is 1. The van der Waals surface area contributed by atoms with Gasteiger partial charge in [0.1, 0.15) is 0 Å². The summed E-state index contributed by atoms with van der Waals surface area (Å²) in [5.74, 6) is 2.63. The third kappa shape index (κ3) is 2.51. The topological polar surface area (TPSA) is 55.1 Å². The van der Waals surface area contributed by atoms with Crippen molar-refractivity contribution in [2.24, 2.45) is 23.5 Å². The minimum atomic E-state index is 0.121. The molecule has 2 fully saturated rings. The Morgan fingerprint density at radius 2 is 2.27 bits per heavy atom. The average Bonchev–Trinajstić information content (AvgIpc) is 2.78. The summed E-state index contributed by atoms with van der Waals surface area (Å²) in [6.45, 7) is 2.49. The minimum absolute atomic E-state index is 0.121. The molecule has 0 radical (unpaired) electrons. The molecule has 86 valence electrons. The second kappa shape index (κ2) is 4.52. The third-order valence-corrected chi connectivity index (χ3v) is 4.09. The Kier molecular flexibility index (Phi) is 3.29. The van der Waals surface area contributed by atoms with Crippen LogP contribution in [0.3, 0.4) is 0 Å². The Bertz CT molecular complexity index is 242. The van der Waals surface area contributed by atoms with Gasteiger partial charge < -0.3 is 11.1 Å². The maximum absolute atomic E-state index is 11.7. The molecule has 2 aliphatic carbocycles.